The van der Waals surface area contributed by atoms with Crippen molar-refractivity contribution in [3.8, 4) is 0 Å². The number of hydrazone groups is 1. The Morgan fingerprint density at radius 3 is 2.50 bits per heavy atom. The molecule has 1 aromatic carbocycles. The lowest BCUT2D eigenvalue weighted by Gasteiger charge is -2.47. The van der Waals surface area contributed by atoms with Gasteiger partial charge in [-0.15, -0.1) is 0 Å². The van der Waals surface area contributed by atoms with Crippen LogP contribution in [0.4, 0.5) is 0 Å². The maximum atomic E-state index is 13.7. The van der Waals surface area contributed by atoms with Crippen molar-refractivity contribution in [3.63, 3.8) is 0 Å². The summed E-state index contributed by atoms with van der Waals surface area (Å²) in [5.41, 5.74) is 2.23. The van der Waals surface area contributed by atoms with Gasteiger partial charge in [-0.25, -0.2) is 0 Å². The maximum Gasteiger partial charge on any atom is 0.272 e. The Morgan fingerprint density at radius 1 is 1.22 bits per heavy atom. The third-order valence-electron chi connectivity index (χ3n) is 7.31. The Kier molecular flexibility index (Phi) is 9.71. The normalized spacial score (nSPS) is 21.9. The van der Waals surface area contributed by atoms with Gasteiger partial charge >= 0.3 is 0 Å². The average Bonchev–Trinajstić information content (AvgIpc) is 2.87. The van der Waals surface area contributed by atoms with E-state index in [1.54, 1.807) is 9.91 Å². The Labute approximate surface area is 216 Å². The van der Waals surface area contributed by atoms with Gasteiger partial charge in [0.2, 0.25) is 5.91 Å². The third-order valence-corrected chi connectivity index (χ3v) is 7.31. The number of nitrogens with one attached hydrogen (secondary N) is 1. The smallest absolute Gasteiger partial charge is 0.272 e. The number of carbonyl (C=O) groups is 2. The minimum absolute atomic E-state index is 0.120. The van der Waals surface area contributed by atoms with Gasteiger partial charge in [0.25, 0.3) is 5.91 Å². The number of amides is 2. The van der Waals surface area contributed by atoms with E-state index in [-0.39, 0.29) is 36.2 Å². The first-order valence-corrected chi connectivity index (χ1v) is 13.5. The highest BCUT2D eigenvalue weighted by Crippen LogP contribution is 2.30. The zero-order chi connectivity index (χ0) is 26.3. The second kappa shape index (κ2) is 12.5. The highest BCUT2D eigenvalue weighted by molar-refractivity contribution is 6.01. The highest BCUT2D eigenvalue weighted by Gasteiger charge is 2.49. The van der Waals surface area contributed by atoms with Crippen molar-refractivity contribution in [1.82, 2.24) is 15.2 Å². The molecule has 3 rings (SSSR count). The first kappa shape index (κ1) is 27.9. The quantitative estimate of drug-likeness (QED) is 0.291. The van der Waals surface area contributed by atoms with Gasteiger partial charge in [-0.05, 0) is 64.5 Å². The molecule has 0 radical (unpaired) electrons. The summed E-state index contributed by atoms with van der Waals surface area (Å²) >= 11 is 0. The first-order chi connectivity index (χ1) is 17.2. The second-order valence-electron chi connectivity index (χ2n) is 10.6. The van der Waals surface area contributed by atoms with Gasteiger partial charge in [0.05, 0.1) is 18.4 Å². The topological polar surface area (TPSA) is 74.2 Å². The van der Waals surface area contributed by atoms with Crippen molar-refractivity contribution in [2.45, 2.75) is 97.2 Å². The number of nitrogens with zero attached hydrogens (tertiary/aromatic N) is 3. The fourth-order valence-corrected chi connectivity index (χ4v) is 4.95. The van der Waals surface area contributed by atoms with Crippen LogP contribution >= 0.6 is 0 Å². The molecule has 1 saturated heterocycles. The van der Waals surface area contributed by atoms with Crippen molar-refractivity contribution in [2.75, 3.05) is 19.7 Å². The van der Waals surface area contributed by atoms with E-state index in [0.29, 0.717) is 19.6 Å². The largest absolute Gasteiger partial charge is 0.379 e. The number of ether oxygens (including phenoxy) is 1. The molecule has 1 aliphatic heterocycles. The predicted octanol–water partition coefficient (Wildman–Crippen LogP) is 4.65. The van der Waals surface area contributed by atoms with Crippen LogP contribution < -0.4 is 5.32 Å². The fourth-order valence-electron chi connectivity index (χ4n) is 4.95. The summed E-state index contributed by atoms with van der Waals surface area (Å²) in [6.07, 6.45) is 7.18. The molecule has 2 fully saturated rings. The van der Waals surface area contributed by atoms with Crippen molar-refractivity contribution in [1.29, 1.82) is 0 Å². The number of benzene rings is 1. The summed E-state index contributed by atoms with van der Waals surface area (Å²) in [4.78, 5) is 29.0. The van der Waals surface area contributed by atoms with Crippen LogP contribution in [0.3, 0.4) is 0 Å². The zero-order valence-electron chi connectivity index (χ0n) is 22.8. The summed E-state index contributed by atoms with van der Waals surface area (Å²) in [6.45, 7) is 15.2. The van der Waals surface area contributed by atoms with Gasteiger partial charge in [-0.1, -0.05) is 57.0 Å². The van der Waals surface area contributed by atoms with Crippen LogP contribution in [0, 0.1) is 0 Å². The standard InChI is InChI=1S/C29H44N4O3/c1-7-24-14-16-25(17-15-24)22(4)31-33-20-29(6,28(35)30-26-12-9-8-10-13-26)32(27(34)23(33)5)18-11-19-36-21(2)3/h14-17,21,26H,5,7-13,18-20H2,1-4,6H3,(H,30,35)/b31-22+. The number of carbonyl (C=O) groups excluding carboxylic acids is 2. The molecule has 1 atom stereocenters. The van der Waals surface area contributed by atoms with Gasteiger partial charge in [0, 0.05) is 19.2 Å². The number of piperazine rings is 1. The molecular weight excluding hydrogens is 452 g/mol. The molecule has 2 amide bonds. The summed E-state index contributed by atoms with van der Waals surface area (Å²) < 4.78 is 5.69. The van der Waals surface area contributed by atoms with E-state index in [0.717, 1.165) is 43.4 Å². The van der Waals surface area contributed by atoms with Crippen LogP contribution in [0.1, 0.15) is 84.3 Å². The lowest BCUT2D eigenvalue weighted by molar-refractivity contribution is -0.152. The molecule has 1 saturated carbocycles. The maximum absolute atomic E-state index is 13.7. The second-order valence-corrected chi connectivity index (χ2v) is 10.6. The first-order valence-electron chi connectivity index (χ1n) is 13.5. The van der Waals surface area contributed by atoms with Crippen molar-refractivity contribution in [2.24, 2.45) is 5.10 Å². The van der Waals surface area contributed by atoms with Crippen LogP contribution in [-0.4, -0.2) is 64.8 Å². The van der Waals surface area contributed by atoms with Gasteiger partial charge in [0.15, 0.2) is 0 Å². The third kappa shape index (κ3) is 6.75. The molecule has 0 aromatic heterocycles. The van der Waals surface area contributed by atoms with Crippen molar-refractivity contribution in [3.05, 3.63) is 47.7 Å². The van der Waals surface area contributed by atoms with Gasteiger partial charge in [0.1, 0.15) is 11.2 Å². The molecule has 1 heterocycles. The molecular formula is C29H44N4O3. The van der Waals surface area contributed by atoms with Gasteiger partial charge in [-0.3, -0.25) is 14.6 Å². The van der Waals surface area contributed by atoms with E-state index in [2.05, 4.69) is 31.0 Å². The number of aryl methyl sites for hydroxylation is 1. The Morgan fingerprint density at radius 2 is 1.89 bits per heavy atom. The minimum Gasteiger partial charge on any atom is -0.379 e. The van der Waals surface area contributed by atoms with Gasteiger partial charge in [-0.2, -0.15) is 5.10 Å². The molecule has 1 N–H and O–H groups in total. The number of hydrogen-bond donors (Lipinski definition) is 1. The van der Waals surface area contributed by atoms with Crippen LogP contribution in [0.25, 0.3) is 0 Å². The monoisotopic (exact) mass is 496 g/mol. The molecule has 1 aromatic rings. The van der Waals surface area contributed by atoms with Crippen LogP contribution in [0.5, 0.6) is 0 Å². The Hall–Kier alpha value is -2.67. The summed E-state index contributed by atoms with van der Waals surface area (Å²) in [7, 11) is 0. The summed E-state index contributed by atoms with van der Waals surface area (Å²) in [5, 5.41) is 9.64. The molecule has 7 heteroatoms. The molecule has 0 bridgehead atoms. The SMILES string of the molecule is C=C1C(=O)N(CCCOC(C)C)C(C)(C(=O)NC2CCCCC2)CN1/N=C(\C)c1ccc(CC)cc1. The van der Waals surface area contributed by atoms with E-state index >= 15 is 0 Å². The minimum atomic E-state index is -1.07. The van der Waals surface area contributed by atoms with E-state index < -0.39 is 5.54 Å². The highest BCUT2D eigenvalue weighted by atomic mass is 16.5. The number of hydrogen-bond acceptors (Lipinski definition) is 5. The summed E-state index contributed by atoms with van der Waals surface area (Å²) in [6, 6.07) is 8.43. The van der Waals surface area contributed by atoms with Crippen LogP contribution in [-0.2, 0) is 20.7 Å². The molecule has 1 unspecified atom stereocenters. The lowest BCUT2D eigenvalue weighted by Crippen LogP contribution is -2.68. The molecule has 1 aliphatic carbocycles. The van der Waals surface area contributed by atoms with Crippen molar-refractivity contribution >= 4 is 17.5 Å². The fraction of sp³-hybridized carbons (Fsp3) is 0.621. The Balaban J connectivity index is 1.84. The molecule has 7 nitrogen and oxygen atoms in total. The zero-order valence-corrected chi connectivity index (χ0v) is 22.8. The Bertz CT molecular complexity index is 950. The molecule has 36 heavy (non-hydrogen) atoms. The van der Waals surface area contributed by atoms with Crippen LogP contribution in [0.15, 0.2) is 41.6 Å². The average molecular weight is 497 g/mol. The molecule has 0 spiro atoms. The molecule has 2 aliphatic rings. The van der Waals surface area contributed by atoms with E-state index in [1.807, 2.05) is 39.8 Å². The van der Waals surface area contributed by atoms with Gasteiger partial charge < -0.3 is 15.0 Å². The van der Waals surface area contributed by atoms with E-state index in [9.17, 15) is 9.59 Å². The summed E-state index contributed by atoms with van der Waals surface area (Å²) in [5.74, 6) is -0.379. The predicted molar refractivity (Wildman–Crippen MR) is 145 cm³/mol. The van der Waals surface area contributed by atoms with E-state index in [4.69, 9.17) is 9.84 Å². The van der Waals surface area contributed by atoms with Crippen LogP contribution in [0.2, 0.25) is 0 Å². The lowest BCUT2D eigenvalue weighted by atomic mass is 9.91. The van der Waals surface area contributed by atoms with Crippen molar-refractivity contribution < 1.29 is 14.3 Å². The molecule has 198 valence electrons. The number of rotatable bonds is 10. The van der Waals surface area contributed by atoms with E-state index in [1.165, 1.54) is 12.0 Å².